The zero-order valence-corrected chi connectivity index (χ0v) is 10.6. The van der Waals surface area contributed by atoms with Crippen molar-refractivity contribution in [3.8, 4) is 28.6 Å². The van der Waals surface area contributed by atoms with Gasteiger partial charge in [-0.1, -0.05) is 6.07 Å². The Labute approximate surface area is 117 Å². The quantitative estimate of drug-likeness (QED) is 0.719. The second-order valence-electron chi connectivity index (χ2n) is 4.54. The van der Waals surface area contributed by atoms with Crippen LogP contribution >= 0.6 is 0 Å². The van der Waals surface area contributed by atoms with Crippen LogP contribution in [-0.2, 0) is 4.79 Å². The van der Waals surface area contributed by atoms with Gasteiger partial charge in [-0.2, -0.15) is 0 Å². The van der Waals surface area contributed by atoms with Crippen molar-refractivity contribution in [2.45, 2.75) is 12.5 Å². The maximum absolute atomic E-state index is 11.8. The Hall–Kier alpha value is -2.96. The highest BCUT2D eigenvalue weighted by molar-refractivity contribution is 5.80. The topological polar surface area (TPSA) is 117 Å². The molecule has 0 amide bonds. The summed E-state index contributed by atoms with van der Waals surface area (Å²) in [7, 11) is 0. The van der Waals surface area contributed by atoms with E-state index in [0.717, 1.165) is 12.3 Å². The van der Waals surface area contributed by atoms with Crippen molar-refractivity contribution in [3.63, 3.8) is 0 Å². The largest absolute Gasteiger partial charge is 0.504 e. The van der Waals surface area contributed by atoms with Gasteiger partial charge in [-0.05, 0) is 6.07 Å². The van der Waals surface area contributed by atoms with Gasteiger partial charge < -0.3 is 24.5 Å². The fraction of sp³-hybridized carbons (Fsp3) is 0.143. The van der Waals surface area contributed by atoms with Crippen molar-refractivity contribution in [3.05, 3.63) is 40.2 Å². The molecular weight excluding hydrogens is 280 g/mol. The van der Waals surface area contributed by atoms with E-state index in [1.165, 1.54) is 12.1 Å². The Kier molecular flexibility index (Phi) is 2.83. The molecule has 2 heterocycles. The van der Waals surface area contributed by atoms with E-state index in [1.807, 2.05) is 0 Å². The first-order chi connectivity index (χ1) is 9.99. The average Bonchev–Trinajstić information content (AvgIpc) is 2.43. The molecular formula is C14H10O7. The Morgan fingerprint density at radius 3 is 2.71 bits per heavy atom. The lowest BCUT2D eigenvalue weighted by Crippen LogP contribution is -2.21. The van der Waals surface area contributed by atoms with Crippen LogP contribution in [-0.4, -0.2) is 21.3 Å². The van der Waals surface area contributed by atoms with Gasteiger partial charge in [0.15, 0.2) is 17.3 Å². The third-order valence-electron chi connectivity index (χ3n) is 3.22. The molecule has 0 unspecified atom stereocenters. The summed E-state index contributed by atoms with van der Waals surface area (Å²) in [5.41, 5.74) is -0.102. The minimum Gasteiger partial charge on any atom is -0.504 e. The van der Waals surface area contributed by atoms with Crippen LogP contribution in [0, 0.1) is 0 Å². The molecule has 2 aromatic rings. The van der Waals surface area contributed by atoms with Crippen LogP contribution in [0.5, 0.6) is 17.2 Å². The van der Waals surface area contributed by atoms with Gasteiger partial charge in [0.1, 0.15) is 6.10 Å². The normalized spacial score (nSPS) is 15.7. The van der Waals surface area contributed by atoms with Gasteiger partial charge in [-0.3, -0.25) is 9.59 Å². The van der Waals surface area contributed by atoms with Gasteiger partial charge in [-0.15, -0.1) is 0 Å². The van der Waals surface area contributed by atoms with E-state index < -0.39 is 35.4 Å². The summed E-state index contributed by atoms with van der Waals surface area (Å²) in [6.45, 7) is 0. The minimum atomic E-state index is -1.12. The predicted octanol–water partition coefficient (Wildman–Crippen LogP) is 1.63. The highest BCUT2D eigenvalue weighted by atomic mass is 16.5. The highest BCUT2D eigenvalue weighted by Gasteiger charge is 2.34. The molecule has 0 radical (unpaired) electrons. The summed E-state index contributed by atoms with van der Waals surface area (Å²) in [4.78, 5) is 22.8. The number of benzene rings is 1. The van der Waals surface area contributed by atoms with Crippen molar-refractivity contribution >= 4 is 5.97 Å². The molecule has 1 aliphatic rings. The van der Waals surface area contributed by atoms with Gasteiger partial charge in [-0.25, -0.2) is 0 Å². The molecule has 3 N–H and O–H groups in total. The molecule has 7 nitrogen and oxygen atoms in total. The number of carbonyl (C=O) groups is 1. The van der Waals surface area contributed by atoms with Gasteiger partial charge in [0.05, 0.1) is 18.2 Å². The van der Waals surface area contributed by atoms with Gasteiger partial charge in [0.2, 0.25) is 11.2 Å². The lowest BCUT2D eigenvalue weighted by molar-refractivity contribution is -0.139. The molecule has 0 saturated carbocycles. The number of ether oxygens (including phenoxy) is 1. The van der Waals surface area contributed by atoms with Crippen molar-refractivity contribution in [2.75, 3.05) is 0 Å². The van der Waals surface area contributed by atoms with Gasteiger partial charge in [0.25, 0.3) is 0 Å². The number of aromatic hydroxyl groups is 2. The van der Waals surface area contributed by atoms with E-state index in [2.05, 4.69) is 0 Å². The summed E-state index contributed by atoms with van der Waals surface area (Å²) in [6, 6.07) is 3.77. The average molecular weight is 290 g/mol. The molecule has 108 valence electrons. The molecule has 1 aromatic carbocycles. The molecule has 0 bridgehead atoms. The number of carboxylic acid groups (broad SMARTS) is 1. The first kappa shape index (κ1) is 13.0. The molecule has 1 aromatic heterocycles. The summed E-state index contributed by atoms with van der Waals surface area (Å²) in [5, 5.41) is 28.6. The first-order valence-corrected chi connectivity index (χ1v) is 6.04. The second-order valence-corrected chi connectivity index (χ2v) is 4.54. The Balaban J connectivity index is 2.30. The Morgan fingerprint density at radius 1 is 1.24 bits per heavy atom. The lowest BCUT2D eigenvalue weighted by atomic mass is 9.94. The first-order valence-electron chi connectivity index (χ1n) is 6.04. The number of phenolic OH excluding ortho intramolecular Hbond substituents is 2. The molecule has 0 fully saturated rings. The van der Waals surface area contributed by atoms with Crippen molar-refractivity contribution < 1.29 is 29.3 Å². The number of hydrogen-bond donors (Lipinski definition) is 3. The monoisotopic (exact) mass is 290 g/mol. The highest BCUT2D eigenvalue weighted by Crippen LogP contribution is 2.48. The van der Waals surface area contributed by atoms with Crippen LogP contribution in [0.4, 0.5) is 0 Å². The second kappa shape index (κ2) is 4.55. The summed E-state index contributed by atoms with van der Waals surface area (Å²) < 4.78 is 10.6. The van der Waals surface area contributed by atoms with E-state index in [0.29, 0.717) is 5.56 Å². The van der Waals surface area contributed by atoms with E-state index in [4.69, 9.17) is 14.3 Å². The summed E-state index contributed by atoms with van der Waals surface area (Å²) >= 11 is 0. The number of fused-ring (bicyclic) bond motifs is 3. The number of hydrogen-bond acceptors (Lipinski definition) is 6. The summed E-state index contributed by atoms with van der Waals surface area (Å²) in [6.07, 6.45) is -0.220. The molecule has 0 spiro atoms. The van der Waals surface area contributed by atoms with Gasteiger partial charge in [0, 0.05) is 11.6 Å². The predicted molar refractivity (Wildman–Crippen MR) is 69.4 cm³/mol. The molecule has 7 heteroatoms. The molecule has 0 aliphatic carbocycles. The van der Waals surface area contributed by atoms with Gasteiger partial charge >= 0.3 is 5.97 Å². The third-order valence-corrected chi connectivity index (χ3v) is 3.22. The smallest absolute Gasteiger partial charge is 0.307 e. The molecule has 3 rings (SSSR count). The van der Waals surface area contributed by atoms with Crippen LogP contribution in [0.3, 0.4) is 0 Å². The Morgan fingerprint density at radius 2 is 2.00 bits per heavy atom. The third kappa shape index (κ3) is 1.99. The molecule has 1 aliphatic heterocycles. The van der Waals surface area contributed by atoms with Crippen LogP contribution < -0.4 is 10.2 Å². The number of carboxylic acids is 1. The van der Waals surface area contributed by atoms with E-state index in [1.54, 1.807) is 0 Å². The fourth-order valence-electron chi connectivity index (χ4n) is 2.31. The van der Waals surface area contributed by atoms with E-state index in [9.17, 15) is 19.8 Å². The van der Waals surface area contributed by atoms with Crippen LogP contribution in [0.25, 0.3) is 11.3 Å². The van der Waals surface area contributed by atoms with Crippen molar-refractivity contribution in [2.24, 2.45) is 0 Å². The van der Waals surface area contributed by atoms with E-state index >= 15 is 0 Å². The maximum Gasteiger partial charge on any atom is 0.307 e. The number of phenols is 2. The maximum atomic E-state index is 11.8. The number of rotatable bonds is 2. The van der Waals surface area contributed by atoms with E-state index in [-0.39, 0.29) is 17.1 Å². The van der Waals surface area contributed by atoms with Crippen LogP contribution in [0.2, 0.25) is 0 Å². The zero-order chi connectivity index (χ0) is 15.1. The van der Waals surface area contributed by atoms with Crippen LogP contribution in [0.1, 0.15) is 18.1 Å². The van der Waals surface area contributed by atoms with Crippen molar-refractivity contribution in [1.82, 2.24) is 0 Å². The zero-order valence-electron chi connectivity index (χ0n) is 10.6. The number of aliphatic carboxylic acids is 1. The fourth-order valence-corrected chi connectivity index (χ4v) is 2.31. The van der Waals surface area contributed by atoms with Crippen LogP contribution in [0.15, 0.2) is 33.7 Å². The molecule has 0 saturated heterocycles. The minimum absolute atomic E-state index is 0.0347. The standard InChI is InChI=1S/C14H10O7/c15-7-2-1-6-9(5-10(17)18)21-13-8(16)3-4-20-14(13)11(6)12(7)19/h1-4,9,15,19H,5H2,(H,17,18)/t9-/m0/s1. The SMILES string of the molecule is O=C(O)C[C@@H]1Oc2c(occc2=O)-c2c1ccc(O)c2O. The molecule has 1 atom stereocenters. The summed E-state index contributed by atoms with van der Waals surface area (Å²) in [5.74, 6) is -2.23. The Bertz CT molecular complexity index is 790. The van der Waals surface area contributed by atoms with Crippen molar-refractivity contribution in [1.29, 1.82) is 0 Å². The lowest BCUT2D eigenvalue weighted by Gasteiger charge is -2.26. The molecule has 21 heavy (non-hydrogen) atoms.